The van der Waals surface area contributed by atoms with Gasteiger partial charge >= 0.3 is 0 Å². The smallest absolute Gasteiger partial charge is 0.129 e. The molecule has 100 valence electrons. The van der Waals surface area contributed by atoms with Gasteiger partial charge in [0.1, 0.15) is 5.82 Å². The van der Waals surface area contributed by atoms with Crippen LogP contribution in [0.1, 0.15) is 55.7 Å². The molecule has 2 atom stereocenters. The minimum atomic E-state index is -0.966. The molecule has 2 unspecified atom stereocenters. The number of hydrogen-bond donors (Lipinski definition) is 1. The van der Waals surface area contributed by atoms with Gasteiger partial charge in [-0.15, -0.1) is 0 Å². The zero-order valence-electron chi connectivity index (χ0n) is 11.6. The third-order valence-electron chi connectivity index (χ3n) is 4.24. The zero-order valence-corrected chi connectivity index (χ0v) is 11.6. The van der Waals surface area contributed by atoms with E-state index in [4.69, 9.17) is 0 Å². The second-order valence-corrected chi connectivity index (χ2v) is 6.01. The van der Waals surface area contributed by atoms with Gasteiger partial charge in [-0.3, -0.25) is 0 Å². The van der Waals surface area contributed by atoms with E-state index in [2.05, 4.69) is 6.92 Å². The lowest BCUT2D eigenvalue weighted by molar-refractivity contribution is 0.0158. The summed E-state index contributed by atoms with van der Waals surface area (Å²) in [6.07, 6.45) is 4.44. The van der Waals surface area contributed by atoms with Crippen LogP contribution in [0.4, 0.5) is 4.39 Å². The number of aliphatic hydroxyl groups is 1. The maximum Gasteiger partial charge on any atom is 0.129 e. The fourth-order valence-electron chi connectivity index (χ4n) is 3.25. The van der Waals surface area contributed by atoms with E-state index in [0.29, 0.717) is 24.3 Å². The molecule has 0 aromatic heterocycles. The van der Waals surface area contributed by atoms with Crippen molar-refractivity contribution in [1.82, 2.24) is 0 Å². The van der Waals surface area contributed by atoms with Crippen LogP contribution < -0.4 is 0 Å². The van der Waals surface area contributed by atoms with Gasteiger partial charge in [0.15, 0.2) is 0 Å². The zero-order chi connectivity index (χ0) is 13.3. The highest BCUT2D eigenvalue weighted by molar-refractivity contribution is 5.36. The first-order valence-electron chi connectivity index (χ1n) is 6.92. The van der Waals surface area contributed by atoms with E-state index in [0.717, 1.165) is 30.4 Å². The van der Waals surface area contributed by atoms with Gasteiger partial charge in [-0.1, -0.05) is 19.4 Å². The van der Waals surface area contributed by atoms with Crippen molar-refractivity contribution in [3.8, 4) is 0 Å². The number of benzene rings is 1. The Kier molecular flexibility index (Phi) is 3.76. The van der Waals surface area contributed by atoms with Gasteiger partial charge in [0.05, 0.1) is 5.60 Å². The number of halogens is 1. The molecule has 0 radical (unpaired) electrons. The van der Waals surface area contributed by atoms with Crippen LogP contribution in [-0.4, -0.2) is 5.11 Å². The molecule has 0 heterocycles. The summed E-state index contributed by atoms with van der Waals surface area (Å²) < 4.78 is 14.2. The summed E-state index contributed by atoms with van der Waals surface area (Å²) >= 11 is 0. The maximum absolute atomic E-state index is 14.2. The van der Waals surface area contributed by atoms with Crippen LogP contribution in [0.5, 0.6) is 0 Å². The summed E-state index contributed by atoms with van der Waals surface area (Å²) in [7, 11) is 0. The topological polar surface area (TPSA) is 20.2 Å². The monoisotopic (exact) mass is 250 g/mol. The molecule has 1 saturated carbocycles. The quantitative estimate of drug-likeness (QED) is 0.739. The van der Waals surface area contributed by atoms with E-state index in [1.54, 1.807) is 0 Å². The minimum absolute atomic E-state index is 0.246. The van der Waals surface area contributed by atoms with Crippen molar-refractivity contribution in [3.05, 3.63) is 34.6 Å². The average Bonchev–Trinajstić information content (AvgIpc) is 2.40. The van der Waals surface area contributed by atoms with Crippen LogP contribution in [0.15, 0.2) is 12.1 Å². The second-order valence-electron chi connectivity index (χ2n) is 6.01. The van der Waals surface area contributed by atoms with Crippen LogP contribution in [0.2, 0.25) is 0 Å². The Labute approximate surface area is 109 Å². The van der Waals surface area contributed by atoms with Gasteiger partial charge in [0, 0.05) is 5.56 Å². The molecule has 1 fully saturated rings. The molecule has 0 bridgehead atoms. The summed E-state index contributed by atoms with van der Waals surface area (Å²) in [5.41, 5.74) is 1.36. The molecular weight excluding hydrogens is 227 g/mol. The van der Waals surface area contributed by atoms with E-state index in [-0.39, 0.29) is 5.82 Å². The molecular formula is C16H23FO. The first-order valence-corrected chi connectivity index (χ1v) is 6.92. The van der Waals surface area contributed by atoms with E-state index >= 15 is 0 Å². The standard InChI is InChI=1S/C16H23FO/c1-11-5-4-7-16(18,8-6-11)15-13(3)9-12(2)10-14(15)17/h9-11,18H,4-8H2,1-3H3. The summed E-state index contributed by atoms with van der Waals surface area (Å²) in [6, 6.07) is 3.50. The second kappa shape index (κ2) is 5.00. The summed E-state index contributed by atoms with van der Waals surface area (Å²) in [4.78, 5) is 0. The van der Waals surface area contributed by atoms with E-state index in [1.807, 2.05) is 19.9 Å². The van der Waals surface area contributed by atoms with Crippen molar-refractivity contribution >= 4 is 0 Å². The van der Waals surface area contributed by atoms with Crippen LogP contribution in [-0.2, 0) is 5.60 Å². The van der Waals surface area contributed by atoms with Gasteiger partial charge < -0.3 is 5.11 Å². The lowest BCUT2D eigenvalue weighted by atomic mass is 9.83. The highest BCUT2D eigenvalue weighted by atomic mass is 19.1. The summed E-state index contributed by atoms with van der Waals surface area (Å²) in [5, 5.41) is 10.9. The molecule has 1 aromatic rings. The van der Waals surface area contributed by atoms with Crippen molar-refractivity contribution in [1.29, 1.82) is 0 Å². The fourth-order valence-corrected chi connectivity index (χ4v) is 3.25. The van der Waals surface area contributed by atoms with Gasteiger partial charge in [0.2, 0.25) is 0 Å². The third-order valence-corrected chi connectivity index (χ3v) is 4.24. The Bertz CT molecular complexity index is 418. The molecule has 0 aliphatic heterocycles. The Morgan fingerprint density at radius 3 is 2.61 bits per heavy atom. The lowest BCUT2D eigenvalue weighted by Gasteiger charge is -2.29. The number of hydrogen-bond acceptors (Lipinski definition) is 1. The summed E-state index contributed by atoms with van der Waals surface area (Å²) in [5.74, 6) is 0.386. The SMILES string of the molecule is Cc1cc(C)c(C2(O)CCCC(C)CC2)c(F)c1. The lowest BCUT2D eigenvalue weighted by Crippen LogP contribution is -2.27. The van der Waals surface area contributed by atoms with Crippen molar-refractivity contribution in [2.45, 2.75) is 58.5 Å². The Morgan fingerprint density at radius 1 is 1.22 bits per heavy atom. The minimum Gasteiger partial charge on any atom is -0.385 e. The third kappa shape index (κ3) is 2.59. The molecule has 0 amide bonds. The highest BCUT2D eigenvalue weighted by Crippen LogP contribution is 2.40. The van der Waals surface area contributed by atoms with E-state index < -0.39 is 5.60 Å². The number of rotatable bonds is 1. The molecule has 2 rings (SSSR count). The largest absolute Gasteiger partial charge is 0.385 e. The van der Waals surface area contributed by atoms with Crippen molar-refractivity contribution in [2.75, 3.05) is 0 Å². The molecule has 18 heavy (non-hydrogen) atoms. The molecule has 1 aromatic carbocycles. The van der Waals surface area contributed by atoms with Gasteiger partial charge in [-0.05, 0) is 62.6 Å². The molecule has 1 aliphatic rings. The first kappa shape index (κ1) is 13.5. The fraction of sp³-hybridized carbons (Fsp3) is 0.625. The van der Waals surface area contributed by atoms with Crippen molar-refractivity contribution in [3.63, 3.8) is 0 Å². The van der Waals surface area contributed by atoms with E-state index in [9.17, 15) is 9.50 Å². The van der Waals surface area contributed by atoms with Gasteiger partial charge in [-0.25, -0.2) is 4.39 Å². The predicted octanol–water partition coefficient (Wildman–Crippen LogP) is 4.23. The summed E-state index contributed by atoms with van der Waals surface area (Å²) in [6.45, 7) is 6.00. The van der Waals surface area contributed by atoms with Gasteiger partial charge in [0.25, 0.3) is 0 Å². The first-order chi connectivity index (χ1) is 8.42. The molecule has 1 N–H and O–H groups in total. The van der Waals surface area contributed by atoms with Crippen LogP contribution >= 0.6 is 0 Å². The molecule has 1 nitrogen and oxygen atoms in total. The molecule has 1 aliphatic carbocycles. The Balaban J connectivity index is 2.40. The normalized spacial score (nSPS) is 29.1. The maximum atomic E-state index is 14.2. The Morgan fingerprint density at radius 2 is 1.94 bits per heavy atom. The van der Waals surface area contributed by atoms with Crippen LogP contribution in [0.25, 0.3) is 0 Å². The molecule has 2 heteroatoms. The van der Waals surface area contributed by atoms with Crippen molar-refractivity contribution < 1.29 is 9.50 Å². The predicted molar refractivity (Wildman–Crippen MR) is 72.0 cm³/mol. The van der Waals surface area contributed by atoms with Crippen LogP contribution in [0.3, 0.4) is 0 Å². The van der Waals surface area contributed by atoms with E-state index in [1.165, 1.54) is 6.07 Å². The Hall–Kier alpha value is -0.890. The molecule has 0 saturated heterocycles. The number of aryl methyl sites for hydroxylation is 2. The highest BCUT2D eigenvalue weighted by Gasteiger charge is 2.35. The van der Waals surface area contributed by atoms with Gasteiger partial charge in [-0.2, -0.15) is 0 Å². The average molecular weight is 250 g/mol. The van der Waals surface area contributed by atoms with Crippen LogP contribution in [0, 0.1) is 25.6 Å². The molecule has 0 spiro atoms. The van der Waals surface area contributed by atoms with Crippen molar-refractivity contribution in [2.24, 2.45) is 5.92 Å².